The number of hydrogen-bond donors (Lipinski definition) is 1. The number of aromatic nitrogens is 4. The van der Waals surface area contributed by atoms with Crippen LogP contribution in [-0.4, -0.2) is 32.5 Å². The van der Waals surface area contributed by atoms with Crippen molar-refractivity contribution >= 4 is 5.91 Å². The number of pyridine rings is 1. The molecule has 0 radical (unpaired) electrons. The van der Waals surface area contributed by atoms with Gasteiger partial charge in [-0.1, -0.05) is 47.7 Å². The second kappa shape index (κ2) is 8.79. The van der Waals surface area contributed by atoms with Crippen molar-refractivity contribution in [1.29, 1.82) is 0 Å². The molecule has 2 aromatic heterocycles. The monoisotopic (exact) mass is 385 g/mol. The van der Waals surface area contributed by atoms with E-state index in [-0.39, 0.29) is 19.1 Å². The van der Waals surface area contributed by atoms with Gasteiger partial charge in [0.15, 0.2) is 6.61 Å². The first-order chi connectivity index (χ1) is 14.3. The van der Waals surface area contributed by atoms with Gasteiger partial charge in [-0.2, -0.15) is 0 Å². The molecular weight excluding hydrogens is 366 g/mol. The standard InChI is InChI=1S/C22H19N5O2/c28-22(24-14-19-15-27(26-25-19)20-10-12-23-13-11-20)16-29-21-8-6-18(7-9-21)17-4-2-1-3-5-17/h1-13,15H,14,16H2,(H,24,28). The molecule has 4 rings (SSSR count). The van der Waals surface area contributed by atoms with Crippen LogP contribution in [0.15, 0.2) is 85.3 Å². The van der Waals surface area contributed by atoms with Gasteiger partial charge in [0.2, 0.25) is 0 Å². The van der Waals surface area contributed by atoms with E-state index in [9.17, 15) is 4.79 Å². The van der Waals surface area contributed by atoms with Crippen LogP contribution in [0, 0.1) is 0 Å². The third-order valence-corrected chi connectivity index (χ3v) is 4.27. The van der Waals surface area contributed by atoms with E-state index < -0.39 is 0 Å². The first-order valence-corrected chi connectivity index (χ1v) is 9.14. The minimum atomic E-state index is -0.226. The van der Waals surface area contributed by atoms with E-state index in [1.807, 2.05) is 66.7 Å². The summed E-state index contributed by atoms with van der Waals surface area (Å²) in [6.45, 7) is 0.212. The lowest BCUT2D eigenvalue weighted by atomic mass is 10.1. The van der Waals surface area contributed by atoms with Crippen LogP contribution in [0.25, 0.3) is 16.8 Å². The molecule has 7 heteroatoms. The van der Waals surface area contributed by atoms with Crippen LogP contribution >= 0.6 is 0 Å². The van der Waals surface area contributed by atoms with Gasteiger partial charge in [0.1, 0.15) is 11.4 Å². The fraction of sp³-hybridized carbons (Fsp3) is 0.0909. The third kappa shape index (κ3) is 4.84. The summed E-state index contributed by atoms with van der Waals surface area (Å²) < 4.78 is 7.19. The van der Waals surface area contributed by atoms with Crippen LogP contribution in [-0.2, 0) is 11.3 Å². The SMILES string of the molecule is O=C(COc1ccc(-c2ccccc2)cc1)NCc1cn(-c2ccncc2)nn1. The predicted octanol–water partition coefficient (Wildman–Crippen LogP) is 3.02. The number of ether oxygens (including phenoxy) is 1. The van der Waals surface area contributed by atoms with Gasteiger partial charge in [-0.25, -0.2) is 4.68 Å². The Morgan fingerprint density at radius 3 is 2.41 bits per heavy atom. The number of carbonyl (C=O) groups is 1. The maximum Gasteiger partial charge on any atom is 0.258 e. The lowest BCUT2D eigenvalue weighted by Gasteiger charge is -2.07. The summed E-state index contributed by atoms with van der Waals surface area (Å²) in [5.41, 5.74) is 3.74. The van der Waals surface area contributed by atoms with Gasteiger partial charge < -0.3 is 10.1 Å². The molecule has 0 aliphatic carbocycles. The molecule has 0 aliphatic heterocycles. The highest BCUT2D eigenvalue weighted by atomic mass is 16.5. The molecule has 0 saturated carbocycles. The fourth-order valence-corrected chi connectivity index (χ4v) is 2.77. The zero-order chi connectivity index (χ0) is 19.9. The summed E-state index contributed by atoms with van der Waals surface area (Å²) in [6, 6.07) is 21.4. The Morgan fingerprint density at radius 1 is 0.931 bits per heavy atom. The van der Waals surface area contributed by atoms with Gasteiger partial charge in [-0.05, 0) is 35.4 Å². The van der Waals surface area contributed by atoms with Gasteiger partial charge >= 0.3 is 0 Å². The number of hydrogen-bond acceptors (Lipinski definition) is 5. The molecule has 0 aliphatic rings. The van der Waals surface area contributed by atoms with Crippen molar-refractivity contribution in [3.8, 4) is 22.6 Å². The molecule has 1 N–H and O–H groups in total. The Morgan fingerprint density at radius 2 is 1.66 bits per heavy atom. The van der Waals surface area contributed by atoms with Crippen molar-refractivity contribution in [2.45, 2.75) is 6.54 Å². The molecule has 29 heavy (non-hydrogen) atoms. The Kier molecular flexibility index (Phi) is 5.57. The molecule has 0 spiro atoms. The molecule has 0 fully saturated rings. The molecule has 0 bridgehead atoms. The minimum absolute atomic E-state index is 0.0663. The third-order valence-electron chi connectivity index (χ3n) is 4.27. The van der Waals surface area contributed by atoms with Gasteiger partial charge in [-0.3, -0.25) is 9.78 Å². The summed E-state index contributed by atoms with van der Waals surface area (Å²) >= 11 is 0. The van der Waals surface area contributed by atoms with Gasteiger partial charge in [-0.15, -0.1) is 5.10 Å². The Balaban J connectivity index is 1.26. The number of carbonyl (C=O) groups excluding carboxylic acids is 1. The molecule has 2 heterocycles. The second-order valence-electron chi connectivity index (χ2n) is 6.32. The van der Waals surface area contributed by atoms with Crippen molar-refractivity contribution in [2.24, 2.45) is 0 Å². The Hall–Kier alpha value is -4.00. The minimum Gasteiger partial charge on any atom is -0.484 e. The van der Waals surface area contributed by atoms with Crippen LogP contribution in [0.5, 0.6) is 5.75 Å². The summed E-state index contributed by atoms with van der Waals surface area (Å²) in [4.78, 5) is 16.0. The van der Waals surface area contributed by atoms with E-state index in [2.05, 4.69) is 20.6 Å². The first-order valence-electron chi connectivity index (χ1n) is 9.14. The summed E-state index contributed by atoms with van der Waals surface area (Å²) in [5, 5.41) is 10.9. The number of benzene rings is 2. The lowest BCUT2D eigenvalue weighted by Crippen LogP contribution is -2.28. The molecule has 2 aromatic carbocycles. The van der Waals surface area contributed by atoms with Crippen molar-refractivity contribution in [3.05, 3.63) is 91.0 Å². The largest absolute Gasteiger partial charge is 0.484 e. The lowest BCUT2D eigenvalue weighted by molar-refractivity contribution is -0.123. The number of amides is 1. The molecule has 0 atom stereocenters. The van der Waals surface area contributed by atoms with Crippen molar-refractivity contribution < 1.29 is 9.53 Å². The highest BCUT2D eigenvalue weighted by Crippen LogP contribution is 2.21. The number of rotatable bonds is 7. The average molecular weight is 385 g/mol. The van der Waals surface area contributed by atoms with Crippen LogP contribution in [0.4, 0.5) is 0 Å². The fourth-order valence-electron chi connectivity index (χ4n) is 2.77. The summed E-state index contributed by atoms with van der Waals surface area (Å²) in [5.74, 6) is 0.416. The first kappa shape index (κ1) is 18.4. The Bertz CT molecular complexity index is 1060. The topological polar surface area (TPSA) is 81.9 Å². The van der Waals surface area contributed by atoms with Crippen LogP contribution < -0.4 is 10.1 Å². The maximum absolute atomic E-state index is 12.1. The van der Waals surface area contributed by atoms with E-state index in [4.69, 9.17) is 4.74 Å². The van der Waals surface area contributed by atoms with Crippen LogP contribution in [0.1, 0.15) is 5.69 Å². The van der Waals surface area contributed by atoms with E-state index >= 15 is 0 Å². The zero-order valence-corrected chi connectivity index (χ0v) is 15.6. The highest BCUT2D eigenvalue weighted by molar-refractivity contribution is 5.77. The average Bonchev–Trinajstić information content (AvgIpc) is 3.27. The summed E-state index contributed by atoms with van der Waals surface area (Å²) in [6.07, 6.45) is 5.13. The number of nitrogens with one attached hydrogen (secondary N) is 1. The molecule has 0 saturated heterocycles. The van der Waals surface area contributed by atoms with Crippen molar-refractivity contribution in [3.63, 3.8) is 0 Å². The quantitative estimate of drug-likeness (QED) is 0.529. The molecule has 1 amide bonds. The molecule has 7 nitrogen and oxygen atoms in total. The molecule has 144 valence electrons. The maximum atomic E-state index is 12.1. The van der Waals surface area contributed by atoms with E-state index in [1.165, 1.54) is 0 Å². The molecule has 0 unspecified atom stereocenters. The van der Waals surface area contributed by atoms with Gasteiger partial charge in [0.05, 0.1) is 18.4 Å². The zero-order valence-electron chi connectivity index (χ0n) is 15.6. The van der Waals surface area contributed by atoms with E-state index in [1.54, 1.807) is 23.3 Å². The van der Waals surface area contributed by atoms with Crippen molar-refractivity contribution in [2.75, 3.05) is 6.61 Å². The van der Waals surface area contributed by atoms with Crippen LogP contribution in [0.3, 0.4) is 0 Å². The van der Waals surface area contributed by atoms with E-state index in [0.717, 1.165) is 16.8 Å². The van der Waals surface area contributed by atoms with Gasteiger partial charge in [0, 0.05) is 12.4 Å². The number of nitrogens with zero attached hydrogens (tertiary/aromatic N) is 4. The van der Waals surface area contributed by atoms with Gasteiger partial charge in [0.25, 0.3) is 5.91 Å². The normalized spacial score (nSPS) is 10.5. The predicted molar refractivity (Wildman–Crippen MR) is 108 cm³/mol. The van der Waals surface area contributed by atoms with E-state index in [0.29, 0.717) is 11.4 Å². The smallest absolute Gasteiger partial charge is 0.258 e. The highest BCUT2D eigenvalue weighted by Gasteiger charge is 2.07. The molecule has 4 aromatic rings. The summed E-state index contributed by atoms with van der Waals surface area (Å²) in [7, 11) is 0. The molecular formula is C22H19N5O2. The van der Waals surface area contributed by atoms with Crippen LogP contribution in [0.2, 0.25) is 0 Å². The second-order valence-corrected chi connectivity index (χ2v) is 6.32. The van der Waals surface area contributed by atoms with Crippen molar-refractivity contribution in [1.82, 2.24) is 25.3 Å². The Labute approximate surface area is 168 Å².